The lowest BCUT2D eigenvalue weighted by Crippen LogP contribution is -2.39. The fourth-order valence-electron chi connectivity index (χ4n) is 3.99. The van der Waals surface area contributed by atoms with Gasteiger partial charge in [0.15, 0.2) is 0 Å². The molecule has 3 heterocycles. The number of hydrogen-bond donors (Lipinski definition) is 0. The number of benzene rings is 1. The van der Waals surface area contributed by atoms with Crippen LogP contribution in [0.15, 0.2) is 56.8 Å². The van der Waals surface area contributed by atoms with E-state index in [-0.39, 0.29) is 12.2 Å². The summed E-state index contributed by atoms with van der Waals surface area (Å²) in [6.45, 7) is 10.1. The first-order chi connectivity index (χ1) is 15.3. The molecule has 4 rings (SSSR count). The average Bonchev–Trinajstić information content (AvgIpc) is 3.30. The monoisotopic (exact) mass is 449 g/mol. The van der Waals surface area contributed by atoms with Crippen LogP contribution in [0.4, 0.5) is 0 Å². The summed E-state index contributed by atoms with van der Waals surface area (Å²) in [7, 11) is 0. The molecule has 32 heavy (non-hydrogen) atoms. The first-order valence-corrected chi connectivity index (χ1v) is 11.6. The summed E-state index contributed by atoms with van der Waals surface area (Å²) in [6.07, 6.45) is 3.65. The quantitative estimate of drug-likeness (QED) is 0.552. The largest absolute Gasteiger partial charge is 0.463 e. The Morgan fingerprint density at radius 3 is 2.50 bits per heavy atom. The minimum atomic E-state index is -0.542. The normalized spacial score (nSPS) is 16.3. The molecule has 0 radical (unpaired) electrons. The van der Waals surface area contributed by atoms with Crippen LogP contribution >= 0.6 is 11.3 Å². The van der Waals surface area contributed by atoms with Crippen LogP contribution in [-0.2, 0) is 9.53 Å². The molecule has 166 valence electrons. The number of allylic oxidation sites excluding steroid dienone is 1. The molecular formula is C26H27NO4S. The Morgan fingerprint density at radius 2 is 1.91 bits per heavy atom. The summed E-state index contributed by atoms with van der Waals surface area (Å²) in [5, 5.41) is 0. The van der Waals surface area contributed by atoms with Gasteiger partial charge >= 0.3 is 5.97 Å². The van der Waals surface area contributed by atoms with E-state index >= 15 is 0 Å². The molecular weight excluding hydrogens is 422 g/mol. The van der Waals surface area contributed by atoms with Crippen molar-refractivity contribution in [3.63, 3.8) is 0 Å². The van der Waals surface area contributed by atoms with Crippen LogP contribution in [0.5, 0.6) is 0 Å². The first kappa shape index (κ1) is 22.1. The van der Waals surface area contributed by atoms with E-state index in [9.17, 15) is 9.59 Å². The molecule has 0 spiro atoms. The lowest BCUT2D eigenvalue weighted by atomic mass is 9.91. The van der Waals surface area contributed by atoms with Crippen molar-refractivity contribution in [2.75, 3.05) is 6.61 Å². The summed E-state index contributed by atoms with van der Waals surface area (Å²) < 4.78 is 14.1. The molecule has 5 nitrogen and oxygen atoms in total. The van der Waals surface area contributed by atoms with Gasteiger partial charge in [-0.3, -0.25) is 9.36 Å². The van der Waals surface area contributed by atoms with E-state index in [0.717, 1.165) is 21.6 Å². The Labute approximate surface area is 191 Å². The SMILES string of the molecule is CCOC(=O)C1=C(C)C=c2s/c(=C/c3ccc(C)o3)c(=O)n2C1c1ccc(C(C)C)cc1. The highest BCUT2D eigenvalue weighted by Crippen LogP contribution is 2.31. The molecule has 0 saturated heterocycles. The minimum absolute atomic E-state index is 0.150. The van der Waals surface area contributed by atoms with Gasteiger partial charge in [0.2, 0.25) is 0 Å². The van der Waals surface area contributed by atoms with Crippen LogP contribution in [0.2, 0.25) is 0 Å². The van der Waals surface area contributed by atoms with Crippen molar-refractivity contribution < 1.29 is 13.9 Å². The number of fused-ring (bicyclic) bond motifs is 1. The van der Waals surface area contributed by atoms with E-state index in [1.807, 2.05) is 44.2 Å². The van der Waals surface area contributed by atoms with E-state index in [2.05, 4.69) is 26.0 Å². The van der Waals surface area contributed by atoms with Crippen molar-refractivity contribution in [2.45, 2.75) is 46.6 Å². The predicted molar refractivity (Wildman–Crippen MR) is 127 cm³/mol. The summed E-state index contributed by atoms with van der Waals surface area (Å²) in [4.78, 5) is 26.5. The van der Waals surface area contributed by atoms with Gasteiger partial charge in [0.05, 0.1) is 27.4 Å². The van der Waals surface area contributed by atoms with Gasteiger partial charge in [-0.05, 0) is 61.6 Å². The summed E-state index contributed by atoms with van der Waals surface area (Å²) in [6, 6.07) is 11.3. The molecule has 6 heteroatoms. The van der Waals surface area contributed by atoms with Gasteiger partial charge in [-0.2, -0.15) is 0 Å². The Kier molecular flexibility index (Phi) is 6.07. The van der Waals surface area contributed by atoms with E-state index in [1.54, 1.807) is 17.6 Å². The summed E-state index contributed by atoms with van der Waals surface area (Å²) in [5.41, 5.74) is 3.24. The number of hydrogen-bond acceptors (Lipinski definition) is 5. The van der Waals surface area contributed by atoms with Crippen molar-refractivity contribution >= 4 is 29.5 Å². The summed E-state index contributed by atoms with van der Waals surface area (Å²) in [5.74, 6) is 1.42. The van der Waals surface area contributed by atoms with Crippen LogP contribution in [-0.4, -0.2) is 17.1 Å². The van der Waals surface area contributed by atoms with Crippen LogP contribution in [0.3, 0.4) is 0 Å². The Morgan fingerprint density at radius 1 is 1.19 bits per heavy atom. The second-order valence-corrected chi connectivity index (χ2v) is 9.32. The number of nitrogens with zero attached hydrogens (tertiary/aromatic N) is 1. The van der Waals surface area contributed by atoms with Crippen molar-refractivity contribution in [1.82, 2.24) is 4.57 Å². The molecule has 1 aliphatic rings. The molecule has 0 bridgehead atoms. The zero-order valence-electron chi connectivity index (χ0n) is 19.0. The van der Waals surface area contributed by atoms with Crippen LogP contribution in [0.1, 0.15) is 62.3 Å². The average molecular weight is 450 g/mol. The molecule has 1 unspecified atom stereocenters. The molecule has 2 aromatic heterocycles. The third-order valence-corrected chi connectivity index (χ3v) is 6.66. The highest BCUT2D eigenvalue weighted by Gasteiger charge is 2.32. The Hall–Kier alpha value is -3.12. The third kappa shape index (κ3) is 4.02. The van der Waals surface area contributed by atoms with Crippen LogP contribution in [0.25, 0.3) is 12.2 Å². The number of thiazole rings is 1. The zero-order valence-corrected chi connectivity index (χ0v) is 19.8. The standard InChI is InChI=1S/C26H27NO4S/c1-6-30-26(29)23-16(4)13-22-27(24(23)19-10-8-18(9-11-19)15(2)3)25(28)21(32-22)14-20-12-7-17(5)31-20/h7-15,24H,6H2,1-5H3/b21-14+. The molecule has 0 fully saturated rings. The fourth-order valence-corrected chi connectivity index (χ4v) is 5.10. The number of carbonyl (C=O) groups is 1. The van der Waals surface area contributed by atoms with Gasteiger partial charge in [-0.15, -0.1) is 11.3 Å². The highest BCUT2D eigenvalue weighted by molar-refractivity contribution is 7.07. The van der Waals surface area contributed by atoms with E-state index in [0.29, 0.717) is 21.8 Å². The maximum absolute atomic E-state index is 13.5. The van der Waals surface area contributed by atoms with Gasteiger partial charge in [0.1, 0.15) is 11.5 Å². The third-order valence-electron chi connectivity index (χ3n) is 5.63. The molecule has 0 amide bonds. The maximum Gasteiger partial charge on any atom is 0.336 e. The number of esters is 1. The predicted octanol–water partition coefficient (Wildman–Crippen LogP) is 4.03. The number of carbonyl (C=O) groups excluding carboxylic acids is 1. The zero-order chi connectivity index (χ0) is 23.0. The number of furan rings is 1. The van der Waals surface area contributed by atoms with E-state index in [4.69, 9.17) is 9.15 Å². The molecule has 0 saturated carbocycles. The Balaban J connectivity index is 1.93. The molecule has 3 aromatic rings. The molecule has 1 aromatic carbocycles. The number of aromatic nitrogens is 1. The van der Waals surface area contributed by atoms with Gasteiger partial charge in [-0.25, -0.2) is 4.79 Å². The molecule has 0 N–H and O–H groups in total. The van der Waals surface area contributed by atoms with Gasteiger partial charge in [-0.1, -0.05) is 38.1 Å². The number of aryl methyl sites for hydroxylation is 1. The lowest BCUT2D eigenvalue weighted by Gasteiger charge is -2.25. The Bertz CT molecular complexity index is 1370. The maximum atomic E-state index is 13.5. The second kappa shape index (κ2) is 8.79. The molecule has 1 atom stereocenters. The summed E-state index contributed by atoms with van der Waals surface area (Å²) >= 11 is 1.40. The fraction of sp³-hybridized carbons (Fsp3) is 0.308. The van der Waals surface area contributed by atoms with E-state index in [1.165, 1.54) is 16.9 Å². The minimum Gasteiger partial charge on any atom is -0.463 e. The van der Waals surface area contributed by atoms with E-state index < -0.39 is 12.0 Å². The van der Waals surface area contributed by atoms with Gasteiger partial charge in [0.25, 0.3) is 5.56 Å². The van der Waals surface area contributed by atoms with Crippen LogP contribution in [0, 0.1) is 6.92 Å². The van der Waals surface area contributed by atoms with Crippen LogP contribution < -0.4 is 14.8 Å². The molecule has 0 aliphatic carbocycles. The lowest BCUT2D eigenvalue weighted by molar-refractivity contribution is -0.139. The number of ether oxygens (including phenoxy) is 1. The van der Waals surface area contributed by atoms with Crippen molar-refractivity contribution in [3.05, 3.63) is 89.7 Å². The van der Waals surface area contributed by atoms with Crippen molar-refractivity contribution in [1.29, 1.82) is 0 Å². The second-order valence-electron chi connectivity index (χ2n) is 8.26. The topological polar surface area (TPSA) is 61.4 Å². The molecule has 1 aliphatic heterocycles. The number of rotatable bonds is 5. The van der Waals surface area contributed by atoms with Crippen molar-refractivity contribution in [3.8, 4) is 0 Å². The highest BCUT2D eigenvalue weighted by atomic mass is 32.1. The van der Waals surface area contributed by atoms with Crippen molar-refractivity contribution in [2.24, 2.45) is 0 Å². The van der Waals surface area contributed by atoms with Gasteiger partial charge in [0, 0.05) is 6.08 Å². The smallest absolute Gasteiger partial charge is 0.336 e. The first-order valence-electron chi connectivity index (χ1n) is 10.8. The van der Waals surface area contributed by atoms with Gasteiger partial charge < -0.3 is 9.15 Å².